The number of nitrogens with zero attached hydrogens (tertiary/aromatic N) is 6. The Kier molecular flexibility index (Phi) is 14.8. The van der Waals surface area contributed by atoms with Gasteiger partial charge in [0.2, 0.25) is 11.8 Å². The number of aromatic nitrogens is 2. The number of thiazole rings is 1. The molecule has 4 aromatic carbocycles. The molecule has 2 aliphatic heterocycles. The summed E-state index contributed by atoms with van der Waals surface area (Å²) in [5.41, 5.74) is -0.176. The monoisotopic (exact) mass is 1060 g/mol. The van der Waals surface area contributed by atoms with Crippen molar-refractivity contribution < 1.29 is 45.9 Å². The Morgan fingerprint density at radius 1 is 0.920 bits per heavy atom. The molecule has 0 aliphatic carbocycles. The molecule has 4 heterocycles. The Balaban J connectivity index is 0.882. The van der Waals surface area contributed by atoms with Crippen LogP contribution in [0.5, 0.6) is 0 Å². The summed E-state index contributed by atoms with van der Waals surface area (Å²) in [6.45, 7) is 10.7. The fraction of sp³-hybridized carbons (Fsp3) is 0.278. The van der Waals surface area contributed by atoms with Gasteiger partial charge in [-0.25, -0.2) is 13.8 Å². The number of halogens is 5. The van der Waals surface area contributed by atoms with Gasteiger partial charge in [0.1, 0.15) is 29.0 Å². The van der Waals surface area contributed by atoms with Crippen LogP contribution in [-0.4, -0.2) is 73.7 Å². The summed E-state index contributed by atoms with van der Waals surface area (Å²) in [4.78, 5) is 81.6. The Morgan fingerprint density at radius 2 is 1.61 bits per heavy atom. The number of benzene rings is 4. The van der Waals surface area contributed by atoms with E-state index in [2.05, 4.69) is 25.9 Å². The molecule has 2 saturated heterocycles. The molecule has 0 unspecified atom stereocenters. The lowest BCUT2D eigenvalue weighted by atomic mass is 9.85. The topological polar surface area (TPSA) is 181 Å². The van der Waals surface area contributed by atoms with Crippen LogP contribution in [0.3, 0.4) is 0 Å². The van der Waals surface area contributed by atoms with Crippen molar-refractivity contribution in [3.63, 3.8) is 0 Å². The maximum atomic E-state index is 15.6. The minimum Gasteiger partial charge on any atom is -0.350 e. The number of aryl methyl sites for hydroxylation is 1. The van der Waals surface area contributed by atoms with E-state index in [9.17, 15) is 42.4 Å². The van der Waals surface area contributed by atoms with Crippen molar-refractivity contribution >= 4 is 75.3 Å². The minimum atomic E-state index is -5.23. The van der Waals surface area contributed by atoms with Gasteiger partial charge in [-0.05, 0) is 117 Å². The normalized spacial score (nSPS) is 15.9. The van der Waals surface area contributed by atoms with E-state index in [0.29, 0.717) is 35.5 Å². The summed E-state index contributed by atoms with van der Waals surface area (Å²) in [5.74, 6) is -5.98. The molecule has 0 radical (unpaired) electrons. The lowest BCUT2D eigenvalue weighted by Gasteiger charge is -2.35. The van der Waals surface area contributed by atoms with Gasteiger partial charge in [-0.3, -0.25) is 33.9 Å². The molecule has 2 atom stereocenters. The second kappa shape index (κ2) is 20.7. The van der Waals surface area contributed by atoms with Gasteiger partial charge >= 0.3 is 6.18 Å². The number of alkyl halides is 3. The first kappa shape index (κ1) is 53.3. The first-order valence-electron chi connectivity index (χ1n) is 23.4. The number of hydrogen-bond donors (Lipinski definition) is 3. The number of nitrogens with one attached hydrogen (secondary N) is 3. The molecule has 21 heteroatoms. The van der Waals surface area contributed by atoms with E-state index < -0.39 is 81.3 Å². The van der Waals surface area contributed by atoms with Crippen molar-refractivity contribution in [3.8, 4) is 27.8 Å². The first-order chi connectivity index (χ1) is 35.4. The standard InChI is InChI=1S/C54H48F5N9O5S2/c1-29-44(75-28-63-29)32-11-9-30(10-12-32)26-62-48(71)41-8-7-23-66(41)49(72)45(52(2,3)4)65-46(69)33-15-20-37(38(55)24-33)47(70)64-35-17-13-31(14-18-35)39-21-19-36(27-61-39)68-51(74)67(50(73)53(68,5)6)40-22-16-34(25-60)42(43(40)56)54(57,58)59/h9-22,24,27-28,41,45H,7-8,23,26H2,1-6H3,(H,62,71)(H,64,70)(H,65,69)/t41-,45+/m0/s1. The van der Waals surface area contributed by atoms with Crippen LogP contribution in [0.1, 0.15) is 90.6 Å². The zero-order valence-electron chi connectivity index (χ0n) is 41.2. The van der Waals surface area contributed by atoms with Gasteiger partial charge < -0.3 is 25.8 Å². The van der Waals surface area contributed by atoms with Crippen LogP contribution in [0.25, 0.3) is 21.7 Å². The third kappa shape index (κ3) is 10.7. The number of pyridine rings is 1. The predicted octanol–water partition coefficient (Wildman–Crippen LogP) is 9.97. The molecule has 0 saturated carbocycles. The van der Waals surface area contributed by atoms with E-state index >= 15 is 8.78 Å². The second-order valence-corrected chi connectivity index (χ2v) is 20.7. The molecule has 386 valence electrons. The largest absolute Gasteiger partial charge is 0.420 e. The number of carbonyl (C=O) groups excluding carboxylic acids is 5. The molecule has 6 aromatic rings. The molecule has 0 spiro atoms. The number of likely N-dealkylation sites (tertiary alicyclic amines) is 1. The molecule has 3 N–H and O–H groups in total. The Labute approximate surface area is 437 Å². The summed E-state index contributed by atoms with van der Waals surface area (Å²) in [7, 11) is 0. The van der Waals surface area contributed by atoms with E-state index in [4.69, 9.17) is 12.2 Å². The summed E-state index contributed by atoms with van der Waals surface area (Å²) in [6, 6.07) is 21.8. The predicted molar refractivity (Wildman–Crippen MR) is 276 cm³/mol. The molecule has 14 nitrogen and oxygen atoms in total. The lowest BCUT2D eigenvalue weighted by Crippen LogP contribution is -2.57. The second-order valence-electron chi connectivity index (χ2n) is 19.5. The number of rotatable bonds is 12. The van der Waals surface area contributed by atoms with Gasteiger partial charge in [0, 0.05) is 29.9 Å². The fourth-order valence-electron chi connectivity index (χ4n) is 8.99. The third-order valence-corrected chi connectivity index (χ3v) is 14.4. The number of amides is 5. The molecule has 5 amide bonds. The maximum Gasteiger partial charge on any atom is 0.420 e. The average Bonchev–Trinajstić information content (AvgIpc) is 4.08. The molecule has 2 fully saturated rings. The summed E-state index contributed by atoms with van der Waals surface area (Å²) in [6.07, 6.45) is -2.83. The van der Waals surface area contributed by atoms with Crippen molar-refractivity contribution in [1.82, 2.24) is 25.5 Å². The molecule has 0 bridgehead atoms. The van der Waals surface area contributed by atoms with E-state index in [1.807, 2.05) is 31.2 Å². The van der Waals surface area contributed by atoms with Crippen LogP contribution in [0.15, 0.2) is 103 Å². The first-order valence-corrected chi connectivity index (χ1v) is 24.7. The van der Waals surface area contributed by atoms with E-state index in [0.717, 1.165) is 46.0 Å². The van der Waals surface area contributed by atoms with Gasteiger partial charge in [0.25, 0.3) is 17.7 Å². The van der Waals surface area contributed by atoms with Gasteiger partial charge in [-0.15, -0.1) is 11.3 Å². The third-order valence-electron chi connectivity index (χ3n) is 13.0. The molecule has 75 heavy (non-hydrogen) atoms. The van der Waals surface area contributed by atoms with Crippen molar-refractivity contribution in [2.75, 3.05) is 21.7 Å². The van der Waals surface area contributed by atoms with Crippen LogP contribution in [-0.2, 0) is 27.1 Å². The average molecular weight is 1060 g/mol. The zero-order valence-corrected chi connectivity index (χ0v) is 42.9. The molecule has 2 aliphatic rings. The van der Waals surface area contributed by atoms with Crippen LogP contribution >= 0.6 is 23.6 Å². The molecular weight excluding hydrogens is 1010 g/mol. The SMILES string of the molecule is Cc1ncsc1-c1ccc(CNC(=O)[C@@H]2CCCN2C(=O)[C@@H](NC(=O)c2ccc(C(=O)Nc3ccc(-c4ccc(N5C(=S)N(c6ccc(C#N)c(C(F)(F)F)c6F)C(=O)C5(C)C)cn4)cc3)c(F)c2)C(C)(C)C)cc1. The van der Waals surface area contributed by atoms with E-state index in [-0.39, 0.29) is 40.1 Å². The van der Waals surface area contributed by atoms with Crippen LogP contribution in [0, 0.1) is 35.3 Å². The molecule has 2 aromatic heterocycles. The number of nitriles is 1. The van der Waals surface area contributed by atoms with Gasteiger partial charge in [-0.2, -0.15) is 18.4 Å². The van der Waals surface area contributed by atoms with Crippen molar-refractivity contribution in [2.45, 2.75) is 84.7 Å². The highest BCUT2D eigenvalue weighted by atomic mass is 32.1. The number of carbonyl (C=O) groups is 5. The summed E-state index contributed by atoms with van der Waals surface area (Å²) >= 11 is 7.08. The minimum absolute atomic E-state index is 0.139. The lowest BCUT2D eigenvalue weighted by molar-refractivity contribution is -0.142. The van der Waals surface area contributed by atoms with Crippen molar-refractivity contribution in [2.24, 2.45) is 5.41 Å². The highest BCUT2D eigenvalue weighted by molar-refractivity contribution is 7.81. The van der Waals surface area contributed by atoms with Gasteiger partial charge in [0.15, 0.2) is 10.9 Å². The molecular formula is C54H48F5N9O5S2. The Bertz CT molecular complexity index is 3300. The zero-order chi connectivity index (χ0) is 54.3. The van der Waals surface area contributed by atoms with Crippen molar-refractivity contribution in [3.05, 3.63) is 148 Å². The summed E-state index contributed by atoms with van der Waals surface area (Å²) < 4.78 is 72.6. The van der Waals surface area contributed by atoms with Crippen LogP contribution < -0.4 is 25.8 Å². The fourth-order valence-corrected chi connectivity index (χ4v) is 10.3. The number of thiocarbonyl (C=S) groups is 1. The smallest absolute Gasteiger partial charge is 0.350 e. The highest BCUT2D eigenvalue weighted by Crippen LogP contribution is 2.42. The highest BCUT2D eigenvalue weighted by Gasteiger charge is 2.52. The maximum absolute atomic E-state index is 15.6. The summed E-state index contributed by atoms with van der Waals surface area (Å²) in [5, 5.41) is 17.2. The van der Waals surface area contributed by atoms with Gasteiger partial charge in [0.05, 0.1) is 56.5 Å². The van der Waals surface area contributed by atoms with E-state index in [1.165, 1.54) is 42.0 Å². The number of anilines is 3. The Hall–Kier alpha value is -7.96. The van der Waals surface area contributed by atoms with Crippen LogP contribution in [0.2, 0.25) is 0 Å². The number of hydrogen-bond acceptors (Lipinski definition) is 10. The molecule has 8 rings (SSSR count). The van der Waals surface area contributed by atoms with Crippen LogP contribution in [0.4, 0.5) is 39.0 Å². The van der Waals surface area contributed by atoms with Gasteiger partial charge in [-0.1, -0.05) is 57.2 Å². The van der Waals surface area contributed by atoms with E-state index in [1.54, 1.807) is 74.0 Å². The Morgan fingerprint density at radius 3 is 2.21 bits per heavy atom. The van der Waals surface area contributed by atoms with Crippen molar-refractivity contribution in [1.29, 1.82) is 5.26 Å². The quantitative estimate of drug-likeness (QED) is 0.0789.